The number of allylic oxidation sites excluding steroid dienone is 1. The van der Waals surface area contributed by atoms with Gasteiger partial charge >= 0.3 is 0 Å². The number of rotatable bonds is 11. The van der Waals surface area contributed by atoms with Crippen molar-refractivity contribution in [2.24, 2.45) is 17.8 Å². The summed E-state index contributed by atoms with van der Waals surface area (Å²) < 4.78 is 45.2. The summed E-state index contributed by atoms with van der Waals surface area (Å²) in [7, 11) is 0. The molecule has 0 unspecified atom stereocenters. The van der Waals surface area contributed by atoms with Crippen LogP contribution < -0.4 is 0 Å². The summed E-state index contributed by atoms with van der Waals surface area (Å²) in [5, 5.41) is 0. The van der Waals surface area contributed by atoms with E-state index in [4.69, 9.17) is 0 Å². The largest absolute Gasteiger partial charge is 0.207 e. The molecule has 0 aliphatic heterocycles. The molecule has 2 aliphatic rings. The molecule has 2 fully saturated rings. The topological polar surface area (TPSA) is 0 Å². The van der Waals surface area contributed by atoms with Gasteiger partial charge in [-0.25, -0.2) is 13.2 Å². The minimum atomic E-state index is -0.789. The smallest absolute Gasteiger partial charge is 0.166 e. The Balaban J connectivity index is 1.19. The first-order valence-electron chi connectivity index (χ1n) is 16.5. The van der Waals surface area contributed by atoms with Crippen molar-refractivity contribution in [2.75, 3.05) is 0 Å². The van der Waals surface area contributed by atoms with Crippen molar-refractivity contribution in [3.05, 3.63) is 95.8 Å². The molecule has 3 aromatic carbocycles. The Morgan fingerprint density at radius 2 is 1.29 bits per heavy atom. The Bertz CT molecular complexity index is 1310. The lowest BCUT2D eigenvalue weighted by Gasteiger charge is -2.37. The van der Waals surface area contributed by atoms with E-state index in [1.54, 1.807) is 30.3 Å². The van der Waals surface area contributed by atoms with Crippen LogP contribution in [0.1, 0.15) is 107 Å². The molecule has 2 saturated carbocycles. The van der Waals surface area contributed by atoms with Gasteiger partial charge in [-0.2, -0.15) is 0 Å². The Morgan fingerprint density at radius 1 is 0.667 bits per heavy atom. The molecule has 0 aromatic heterocycles. The van der Waals surface area contributed by atoms with E-state index in [1.807, 2.05) is 24.3 Å². The van der Waals surface area contributed by atoms with Crippen molar-refractivity contribution in [1.82, 2.24) is 0 Å². The van der Waals surface area contributed by atoms with Crippen molar-refractivity contribution in [2.45, 2.75) is 103 Å². The monoisotopic (exact) mass is 572 g/mol. The first kappa shape index (κ1) is 30.6. The molecule has 2 aliphatic carbocycles. The number of hydrogen-bond donors (Lipinski definition) is 0. The van der Waals surface area contributed by atoms with Gasteiger partial charge in [-0.05, 0) is 122 Å². The third kappa shape index (κ3) is 7.21. The number of unbranched alkanes of at least 4 members (excludes halogenated alkanes) is 4. The van der Waals surface area contributed by atoms with Gasteiger partial charge in [-0.15, -0.1) is 6.58 Å². The van der Waals surface area contributed by atoms with E-state index < -0.39 is 11.6 Å². The van der Waals surface area contributed by atoms with Crippen molar-refractivity contribution < 1.29 is 13.2 Å². The van der Waals surface area contributed by atoms with Gasteiger partial charge in [-0.3, -0.25) is 0 Å². The summed E-state index contributed by atoms with van der Waals surface area (Å²) in [6.07, 6.45) is 17.8. The lowest BCUT2D eigenvalue weighted by atomic mass is 9.68. The second kappa shape index (κ2) is 14.6. The molecule has 42 heavy (non-hydrogen) atoms. The number of aryl methyl sites for hydroxylation is 1. The molecule has 0 amide bonds. The zero-order chi connectivity index (χ0) is 29.5. The molecule has 0 spiro atoms. The summed E-state index contributed by atoms with van der Waals surface area (Å²) in [4.78, 5) is 0. The van der Waals surface area contributed by atoms with Crippen LogP contribution in [-0.4, -0.2) is 0 Å². The van der Waals surface area contributed by atoms with E-state index in [0.717, 1.165) is 67.1 Å². The molecule has 0 N–H and O–H groups in total. The van der Waals surface area contributed by atoms with Crippen LogP contribution in [0, 0.1) is 35.2 Å². The molecule has 0 saturated heterocycles. The molecular formula is C39H47F3. The van der Waals surface area contributed by atoms with Crippen LogP contribution in [0.2, 0.25) is 0 Å². The fourth-order valence-electron chi connectivity index (χ4n) is 7.56. The highest BCUT2D eigenvalue weighted by atomic mass is 19.2. The van der Waals surface area contributed by atoms with Crippen molar-refractivity contribution >= 4 is 0 Å². The highest BCUT2D eigenvalue weighted by molar-refractivity contribution is 5.71. The second-order valence-electron chi connectivity index (χ2n) is 12.9. The van der Waals surface area contributed by atoms with Gasteiger partial charge in [0.25, 0.3) is 0 Å². The fraction of sp³-hybridized carbons (Fsp3) is 0.487. The van der Waals surface area contributed by atoms with Crippen LogP contribution in [0.4, 0.5) is 13.2 Å². The molecule has 5 rings (SSSR count). The Hall–Kier alpha value is -2.81. The highest BCUT2D eigenvalue weighted by Gasteiger charge is 2.31. The summed E-state index contributed by atoms with van der Waals surface area (Å²) in [6, 6.07) is 16.4. The zero-order valence-electron chi connectivity index (χ0n) is 25.3. The van der Waals surface area contributed by atoms with E-state index in [1.165, 1.54) is 44.9 Å². The molecule has 3 aromatic rings. The van der Waals surface area contributed by atoms with E-state index in [0.29, 0.717) is 29.4 Å². The van der Waals surface area contributed by atoms with Crippen molar-refractivity contribution in [3.63, 3.8) is 0 Å². The van der Waals surface area contributed by atoms with Crippen LogP contribution in [0.3, 0.4) is 0 Å². The zero-order valence-corrected chi connectivity index (χ0v) is 25.3. The summed E-state index contributed by atoms with van der Waals surface area (Å²) in [5.74, 6) is 0.955. The Kier molecular flexibility index (Phi) is 10.6. The average Bonchev–Trinajstić information content (AvgIpc) is 3.03. The average molecular weight is 573 g/mol. The van der Waals surface area contributed by atoms with Crippen LogP contribution >= 0.6 is 0 Å². The first-order valence-corrected chi connectivity index (χ1v) is 16.5. The SMILES string of the molecule is C=CC1CCC(C2CCC(c3ccc(-c4ccc(-c5ccc(CCCCCCC)c(F)c5F)cc4)cc3F)CC2)CC1. The summed E-state index contributed by atoms with van der Waals surface area (Å²) in [6.45, 7) is 6.14. The number of benzene rings is 3. The molecule has 0 heterocycles. The second-order valence-corrected chi connectivity index (χ2v) is 12.9. The van der Waals surface area contributed by atoms with Crippen molar-refractivity contribution in [3.8, 4) is 22.3 Å². The van der Waals surface area contributed by atoms with Crippen LogP contribution in [0.5, 0.6) is 0 Å². The predicted octanol–water partition coefficient (Wildman–Crippen LogP) is 12.2. The van der Waals surface area contributed by atoms with Crippen LogP contribution in [0.25, 0.3) is 22.3 Å². The molecular weight excluding hydrogens is 525 g/mol. The van der Waals surface area contributed by atoms with E-state index in [9.17, 15) is 4.39 Å². The molecule has 224 valence electrons. The summed E-state index contributed by atoms with van der Waals surface area (Å²) >= 11 is 0. The predicted molar refractivity (Wildman–Crippen MR) is 170 cm³/mol. The lowest BCUT2D eigenvalue weighted by molar-refractivity contribution is 0.171. The Morgan fingerprint density at radius 3 is 1.93 bits per heavy atom. The van der Waals surface area contributed by atoms with Gasteiger partial charge < -0.3 is 0 Å². The lowest BCUT2D eigenvalue weighted by Crippen LogP contribution is -2.25. The molecule has 3 heteroatoms. The van der Waals surface area contributed by atoms with Gasteiger partial charge in [0, 0.05) is 5.56 Å². The molecule has 0 nitrogen and oxygen atoms in total. The quantitative estimate of drug-likeness (QED) is 0.158. The molecule has 0 bridgehead atoms. The van der Waals surface area contributed by atoms with E-state index >= 15 is 8.78 Å². The number of hydrogen-bond acceptors (Lipinski definition) is 0. The summed E-state index contributed by atoms with van der Waals surface area (Å²) in [5.41, 5.74) is 3.85. The normalized spacial score (nSPS) is 22.7. The van der Waals surface area contributed by atoms with Gasteiger partial charge in [0.15, 0.2) is 11.6 Å². The fourth-order valence-corrected chi connectivity index (χ4v) is 7.56. The van der Waals surface area contributed by atoms with Gasteiger partial charge in [0.1, 0.15) is 5.82 Å². The number of halogens is 3. The minimum absolute atomic E-state index is 0.134. The van der Waals surface area contributed by atoms with Crippen LogP contribution in [-0.2, 0) is 6.42 Å². The Labute approximate surface area is 251 Å². The standard InChI is InChI=1S/C39H47F3/c1-3-5-6-7-8-9-33-22-25-36(39(42)38(33)41)32-20-16-30(17-21-32)34-23-24-35(37(40)26-34)31-18-14-29(15-19-31)28-12-10-27(4-2)11-13-28/h4,16-17,20-29,31H,2-3,5-15,18-19H2,1H3. The minimum Gasteiger partial charge on any atom is -0.207 e. The van der Waals surface area contributed by atoms with E-state index in [-0.39, 0.29) is 11.4 Å². The van der Waals surface area contributed by atoms with Gasteiger partial charge in [-0.1, -0.05) is 87.2 Å². The van der Waals surface area contributed by atoms with Crippen molar-refractivity contribution in [1.29, 1.82) is 0 Å². The maximum Gasteiger partial charge on any atom is 0.166 e. The highest BCUT2D eigenvalue weighted by Crippen LogP contribution is 2.44. The van der Waals surface area contributed by atoms with Crippen LogP contribution in [0.15, 0.2) is 67.3 Å². The maximum absolute atomic E-state index is 15.4. The first-order chi connectivity index (χ1) is 20.5. The van der Waals surface area contributed by atoms with Gasteiger partial charge in [0.05, 0.1) is 0 Å². The van der Waals surface area contributed by atoms with E-state index in [2.05, 4.69) is 19.6 Å². The molecule has 0 atom stereocenters. The maximum atomic E-state index is 15.4. The van der Waals surface area contributed by atoms with Gasteiger partial charge in [0.2, 0.25) is 0 Å². The third-order valence-corrected chi connectivity index (χ3v) is 10.3. The third-order valence-electron chi connectivity index (χ3n) is 10.3. The molecule has 0 radical (unpaired) electrons.